The third-order valence-corrected chi connectivity index (χ3v) is 2.33. The maximum Gasteiger partial charge on any atom is 0.0205 e. The van der Waals surface area contributed by atoms with E-state index >= 15 is 0 Å². The molecule has 0 fully saturated rings. The van der Waals surface area contributed by atoms with Gasteiger partial charge in [-0.05, 0) is 20.3 Å². The van der Waals surface area contributed by atoms with E-state index < -0.39 is 0 Å². The molecule has 0 radical (unpaired) electrons. The molecule has 0 aliphatic heterocycles. The van der Waals surface area contributed by atoms with Crippen molar-refractivity contribution in [2.45, 2.75) is 20.3 Å². The van der Waals surface area contributed by atoms with E-state index in [2.05, 4.69) is 57.1 Å². The molecular weight excluding hydrogens is 158 g/mol. The average molecular weight is 177 g/mol. The molecule has 0 saturated carbocycles. The van der Waals surface area contributed by atoms with E-state index in [1.807, 2.05) is 0 Å². The van der Waals surface area contributed by atoms with E-state index in [1.54, 1.807) is 0 Å². The van der Waals surface area contributed by atoms with Crippen molar-refractivity contribution >= 4 is 0 Å². The van der Waals surface area contributed by atoms with Gasteiger partial charge in [0.2, 0.25) is 0 Å². The zero-order chi connectivity index (χ0) is 9.84. The standard InChI is InChI=1S/C12H19N/c1-10(2)12(13(3)4)11-8-6-5-7-9-11/h5-8,11H,9H2,1-4H3. The van der Waals surface area contributed by atoms with Crippen molar-refractivity contribution in [1.29, 1.82) is 0 Å². The number of rotatable bonds is 2. The Hall–Kier alpha value is -0.980. The third-order valence-electron chi connectivity index (χ3n) is 2.33. The highest BCUT2D eigenvalue weighted by Crippen LogP contribution is 2.24. The van der Waals surface area contributed by atoms with Crippen LogP contribution in [-0.2, 0) is 0 Å². The molecule has 1 nitrogen and oxygen atoms in total. The quantitative estimate of drug-likeness (QED) is 0.627. The van der Waals surface area contributed by atoms with Crippen molar-refractivity contribution in [3.63, 3.8) is 0 Å². The Morgan fingerprint density at radius 2 is 1.92 bits per heavy atom. The summed E-state index contributed by atoms with van der Waals surface area (Å²) in [6.45, 7) is 4.36. The molecule has 0 aromatic heterocycles. The van der Waals surface area contributed by atoms with Gasteiger partial charge in [0, 0.05) is 25.7 Å². The number of nitrogens with zero attached hydrogens (tertiary/aromatic N) is 1. The van der Waals surface area contributed by atoms with Gasteiger partial charge in [-0.3, -0.25) is 0 Å². The Labute approximate surface area is 81.4 Å². The molecule has 1 unspecified atom stereocenters. The summed E-state index contributed by atoms with van der Waals surface area (Å²) in [5.74, 6) is 0.574. The number of allylic oxidation sites excluding steroid dienone is 5. The Bertz CT molecular complexity index is 252. The maximum atomic E-state index is 2.28. The van der Waals surface area contributed by atoms with Crippen LogP contribution in [0.3, 0.4) is 0 Å². The molecule has 1 atom stereocenters. The van der Waals surface area contributed by atoms with Gasteiger partial charge in [0.1, 0.15) is 0 Å². The smallest absolute Gasteiger partial charge is 0.0205 e. The van der Waals surface area contributed by atoms with E-state index in [9.17, 15) is 0 Å². The third kappa shape index (κ3) is 2.48. The molecule has 0 bridgehead atoms. The molecule has 1 rings (SSSR count). The normalized spacial score (nSPS) is 20.2. The monoisotopic (exact) mass is 177 g/mol. The first kappa shape index (κ1) is 10.1. The van der Waals surface area contributed by atoms with E-state index in [4.69, 9.17) is 0 Å². The van der Waals surface area contributed by atoms with Crippen LogP contribution in [0.2, 0.25) is 0 Å². The van der Waals surface area contributed by atoms with Crippen LogP contribution in [0.1, 0.15) is 20.3 Å². The number of hydrogen-bond acceptors (Lipinski definition) is 1. The molecule has 72 valence electrons. The van der Waals surface area contributed by atoms with Crippen LogP contribution in [0.15, 0.2) is 35.6 Å². The summed E-state index contributed by atoms with van der Waals surface area (Å²) in [5, 5.41) is 0. The van der Waals surface area contributed by atoms with E-state index in [1.165, 1.54) is 11.3 Å². The lowest BCUT2D eigenvalue weighted by molar-refractivity contribution is 0.443. The SMILES string of the molecule is CC(C)=C(C1C=CC=CC1)N(C)C. The summed E-state index contributed by atoms with van der Waals surface area (Å²) in [4.78, 5) is 2.23. The second kappa shape index (κ2) is 4.31. The zero-order valence-electron chi connectivity index (χ0n) is 9.04. The fourth-order valence-corrected chi connectivity index (χ4v) is 1.93. The van der Waals surface area contributed by atoms with Crippen LogP contribution in [0, 0.1) is 5.92 Å². The molecule has 0 aromatic rings. The molecule has 0 aromatic carbocycles. The van der Waals surface area contributed by atoms with E-state index in [0.29, 0.717) is 5.92 Å². The highest BCUT2D eigenvalue weighted by molar-refractivity contribution is 5.23. The van der Waals surface area contributed by atoms with Crippen molar-refractivity contribution in [2.75, 3.05) is 14.1 Å². The van der Waals surface area contributed by atoms with Gasteiger partial charge < -0.3 is 4.90 Å². The lowest BCUT2D eigenvalue weighted by Crippen LogP contribution is -2.19. The molecule has 0 amide bonds. The molecule has 0 N–H and O–H groups in total. The van der Waals surface area contributed by atoms with Crippen molar-refractivity contribution < 1.29 is 0 Å². The summed E-state index contributed by atoms with van der Waals surface area (Å²) in [7, 11) is 4.24. The Morgan fingerprint density at radius 1 is 1.23 bits per heavy atom. The molecule has 0 spiro atoms. The van der Waals surface area contributed by atoms with Gasteiger partial charge in [0.25, 0.3) is 0 Å². The largest absolute Gasteiger partial charge is 0.381 e. The van der Waals surface area contributed by atoms with Crippen molar-refractivity contribution in [3.8, 4) is 0 Å². The minimum absolute atomic E-state index is 0.574. The summed E-state index contributed by atoms with van der Waals surface area (Å²) < 4.78 is 0. The van der Waals surface area contributed by atoms with Crippen LogP contribution < -0.4 is 0 Å². The average Bonchev–Trinajstić information content (AvgIpc) is 2.04. The van der Waals surface area contributed by atoms with Crippen LogP contribution >= 0.6 is 0 Å². The first-order valence-corrected chi connectivity index (χ1v) is 4.81. The van der Waals surface area contributed by atoms with Crippen LogP contribution in [-0.4, -0.2) is 19.0 Å². The summed E-state index contributed by atoms with van der Waals surface area (Å²) in [6, 6.07) is 0. The molecule has 13 heavy (non-hydrogen) atoms. The summed E-state index contributed by atoms with van der Waals surface area (Å²) >= 11 is 0. The molecule has 1 aliphatic carbocycles. The highest BCUT2D eigenvalue weighted by atomic mass is 15.1. The predicted molar refractivity (Wildman–Crippen MR) is 58.4 cm³/mol. The van der Waals surface area contributed by atoms with E-state index in [-0.39, 0.29) is 0 Å². The van der Waals surface area contributed by atoms with Crippen LogP contribution in [0.4, 0.5) is 0 Å². The van der Waals surface area contributed by atoms with Crippen LogP contribution in [0.5, 0.6) is 0 Å². The van der Waals surface area contributed by atoms with Gasteiger partial charge in [0.15, 0.2) is 0 Å². The molecule has 0 heterocycles. The Morgan fingerprint density at radius 3 is 2.31 bits per heavy atom. The molecular formula is C12H19N. The summed E-state index contributed by atoms with van der Waals surface area (Å²) in [6.07, 6.45) is 9.91. The van der Waals surface area contributed by atoms with Gasteiger partial charge in [-0.1, -0.05) is 29.9 Å². The predicted octanol–water partition coefficient (Wildman–Crippen LogP) is 2.97. The highest BCUT2D eigenvalue weighted by Gasteiger charge is 2.14. The van der Waals surface area contributed by atoms with Gasteiger partial charge in [0.05, 0.1) is 0 Å². The van der Waals surface area contributed by atoms with Gasteiger partial charge >= 0.3 is 0 Å². The van der Waals surface area contributed by atoms with Gasteiger partial charge in [-0.2, -0.15) is 0 Å². The first-order chi connectivity index (χ1) is 6.13. The second-order valence-electron chi connectivity index (χ2n) is 3.93. The fourth-order valence-electron chi connectivity index (χ4n) is 1.93. The molecule has 1 aliphatic rings. The van der Waals surface area contributed by atoms with Gasteiger partial charge in [-0.15, -0.1) is 0 Å². The van der Waals surface area contributed by atoms with Crippen molar-refractivity contribution in [3.05, 3.63) is 35.6 Å². The Balaban J connectivity index is 2.84. The van der Waals surface area contributed by atoms with Crippen molar-refractivity contribution in [2.24, 2.45) is 5.92 Å². The maximum absolute atomic E-state index is 2.28. The van der Waals surface area contributed by atoms with Gasteiger partial charge in [-0.25, -0.2) is 0 Å². The zero-order valence-corrected chi connectivity index (χ0v) is 9.04. The van der Waals surface area contributed by atoms with E-state index in [0.717, 1.165) is 6.42 Å². The first-order valence-electron chi connectivity index (χ1n) is 4.81. The second-order valence-corrected chi connectivity index (χ2v) is 3.93. The minimum Gasteiger partial charge on any atom is -0.381 e. The summed E-state index contributed by atoms with van der Waals surface area (Å²) in [5.41, 5.74) is 2.86. The number of hydrogen-bond donors (Lipinski definition) is 0. The fraction of sp³-hybridized carbons (Fsp3) is 0.500. The van der Waals surface area contributed by atoms with Crippen molar-refractivity contribution in [1.82, 2.24) is 4.90 Å². The van der Waals surface area contributed by atoms with Crippen LogP contribution in [0.25, 0.3) is 0 Å². The molecule has 1 heteroatoms. The molecule has 0 saturated heterocycles. The lowest BCUT2D eigenvalue weighted by Gasteiger charge is -2.26. The minimum atomic E-state index is 0.574. The lowest BCUT2D eigenvalue weighted by atomic mass is 9.94. The Kier molecular flexibility index (Phi) is 3.35. The topological polar surface area (TPSA) is 3.24 Å².